The third-order valence-corrected chi connectivity index (χ3v) is 6.02. The zero-order valence-corrected chi connectivity index (χ0v) is 20.7. The highest BCUT2D eigenvalue weighted by Gasteiger charge is 2.20. The number of carbonyl (C=O) groups is 2. The number of hydrogen-bond acceptors (Lipinski definition) is 5. The maximum atomic E-state index is 12.8. The predicted molar refractivity (Wildman–Crippen MR) is 141 cm³/mol. The Morgan fingerprint density at radius 3 is 2.50 bits per heavy atom. The Hall–Kier alpha value is -4.17. The molecule has 4 aromatic rings. The highest BCUT2D eigenvalue weighted by molar-refractivity contribution is 5.91. The number of fused-ring (bicyclic) bond motifs is 1. The molecule has 0 saturated heterocycles. The summed E-state index contributed by atoms with van der Waals surface area (Å²) in [5, 5.41) is 6.92. The fourth-order valence-corrected chi connectivity index (χ4v) is 4.17. The minimum atomic E-state index is -0.225. The molecule has 4 rings (SSSR count). The lowest BCUT2D eigenvalue weighted by molar-refractivity contribution is -0.123. The van der Waals surface area contributed by atoms with Gasteiger partial charge in [-0.1, -0.05) is 36.4 Å². The van der Waals surface area contributed by atoms with Crippen molar-refractivity contribution in [2.45, 2.75) is 12.8 Å². The molecule has 0 aliphatic carbocycles. The first-order valence-corrected chi connectivity index (χ1v) is 11.8. The summed E-state index contributed by atoms with van der Waals surface area (Å²) in [6.07, 6.45) is 3.70. The Kier molecular flexibility index (Phi) is 7.97. The molecular weight excluding hydrogens is 454 g/mol. The second kappa shape index (κ2) is 11.5. The van der Waals surface area contributed by atoms with Crippen molar-refractivity contribution in [3.8, 4) is 5.75 Å². The van der Waals surface area contributed by atoms with E-state index in [1.54, 1.807) is 31.3 Å². The maximum Gasteiger partial charge on any atom is 0.239 e. The number of hydrogen-bond donors (Lipinski definition) is 3. The first-order chi connectivity index (χ1) is 17.4. The minimum Gasteiger partial charge on any atom is -0.497 e. The molecule has 3 N–H and O–H groups in total. The number of likely N-dealkylation sites (N-methyl/N-ethyl adjacent to an activating group) is 1. The van der Waals surface area contributed by atoms with Crippen LogP contribution in [0.3, 0.4) is 0 Å². The van der Waals surface area contributed by atoms with Crippen LogP contribution in [0.4, 0.5) is 5.82 Å². The van der Waals surface area contributed by atoms with E-state index in [0.717, 1.165) is 33.3 Å². The van der Waals surface area contributed by atoms with Crippen molar-refractivity contribution in [1.29, 1.82) is 0 Å². The van der Waals surface area contributed by atoms with E-state index in [4.69, 9.17) is 4.74 Å². The number of nitrogens with one attached hydrogen (secondary N) is 3. The molecular formula is C28H31N5O3. The first-order valence-electron chi connectivity index (χ1n) is 11.8. The van der Waals surface area contributed by atoms with Crippen LogP contribution in [0.15, 0.2) is 73.1 Å². The van der Waals surface area contributed by atoms with Crippen LogP contribution < -0.4 is 15.4 Å². The van der Waals surface area contributed by atoms with Crippen molar-refractivity contribution in [1.82, 2.24) is 20.2 Å². The Morgan fingerprint density at radius 1 is 1.03 bits per heavy atom. The molecule has 0 unspecified atom stereocenters. The predicted octanol–water partition coefficient (Wildman–Crippen LogP) is 3.70. The van der Waals surface area contributed by atoms with Crippen molar-refractivity contribution >= 4 is 28.5 Å². The van der Waals surface area contributed by atoms with Gasteiger partial charge in [-0.05, 0) is 54.9 Å². The number of aromatic nitrogens is 2. The number of amides is 2. The topological polar surface area (TPSA) is 99.3 Å². The lowest BCUT2D eigenvalue weighted by Crippen LogP contribution is -2.40. The minimum absolute atomic E-state index is 0.0581. The van der Waals surface area contributed by atoms with Crippen LogP contribution in [0, 0.1) is 6.92 Å². The third-order valence-electron chi connectivity index (χ3n) is 6.02. The second-order valence-electron chi connectivity index (χ2n) is 8.86. The number of ether oxygens (including phenoxy) is 1. The summed E-state index contributed by atoms with van der Waals surface area (Å²) in [4.78, 5) is 34.3. The lowest BCUT2D eigenvalue weighted by Gasteiger charge is -2.20. The average Bonchev–Trinajstić information content (AvgIpc) is 3.30. The van der Waals surface area contributed by atoms with Crippen LogP contribution in [-0.4, -0.2) is 60.5 Å². The van der Waals surface area contributed by atoms with Gasteiger partial charge >= 0.3 is 0 Å². The van der Waals surface area contributed by atoms with Gasteiger partial charge < -0.3 is 20.4 Å². The molecule has 0 radical (unpaired) electrons. The molecule has 1 atom stereocenters. The fraction of sp³-hybridized carbons (Fsp3) is 0.250. The van der Waals surface area contributed by atoms with Crippen LogP contribution in [-0.2, 0) is 9.59 Å². The van der Waals surface area contributed by atoms with Crippen LogP contribution >= 0.6 is 0 Å². The molecule has 8 heteroatoms. The highest BCUT2D eigenvalue weighted by Crippen LogP contribution is 2.31. The fourth-order valence-electron chi connectivity index (χ4n) is 4.17. The molecule has 2 amide bonds. The standard InChI is InChI=1S/C28H31N5O3/c1-19-8-13-26(30-14-19)32-28(35)18-33(2)17-27(34)31-15-23(20-9-11-21(36-3)12-10-20)24-16-29-25-7-5-4-6-22(24)25/h4-14,16,23,29H,15,17-18H2,1-3H3,(H,31,34)(H,30,32,35)/t23-/m0/s1. The number of nitrogens with zero attached hydrogens (tertiary/aromatic N) is 2. The Labute approximate surface area is 210 Å². The van der Waals surface area contributed by atoms with Gasteiger partial charge in [0, 0.05) is 35.8 Å². The lowest BCUT2D eigenvalue weighted by atomic mass is 9.90. The van der Waals surface area contributed by atoms with E-state index in [0.29, 0.717) is 12.4 Å². The maximum absolute atomic E-state index is 12.8. The van der Waals surface area contributed by atoms with Gasteiger partial charge in [0.05, 0.1) is 20.2 Å². The Bertz CT molecular complexity index is 1320. The van der Waals surface area contributed by atoms with E-state index in [-0.39, 0.29) is 30.8 Å². The molecule has 2 aromatic carbocycles. The number of benzene rings is 2. The number of carbonyl (C=O) groups excluding carboxylic acids is 2. The summed E-state index contributed by atoms with van der Waals surface area (Å²) in [5.41, 5.74) is 4.24. The van der Waals surface area contributed by atoms with Gasteiger partial charge in [-0.2, -0.15) is 0 Å². The zero-order valence-electron chi connectivity index (χ0n) is 20.7. The zero-order chi connectivity index (χ0) is 25.5. The molecule has 2 heterocycles. The SMILES string of the molecule is COc1ccc([C@H](CNC(=O)CN(C)CC(=O)Nc2ccc(C)cn2)c2c[nH]c3ccccc23)cc1. The molecule has 0 aliphatic heterocycles. The van der Waals surface area contributed by atoms with Crippen molar-refractivity contribution in [2.75, 3.05) is 39.1 Å². The number of para-hydroxylation sites is 1. The first kappa shape index (κ1) is 24.9. The molecule has 0 bridgehead atoms. The van der Waals surface area contributed by atoms with Gasteiger partial charge in [-0.25, -0.2) is 4.98 Å². The Balaban J connectivity index is 1.39. The van der Waals surface area contributed by atoms with E-state index < -0.39 is 0 Å². The molecule has 186 valence electrons. The van der Waals surface area contributed by atoms with E-state index in [1.165, 1.54) is 0 Å². The smallest absolute Gasteiger partial charge is 0.239 e. The highest BCUT2D eigenvalue weighted by atomic mass is 16.5. The summed E-state index contributed by atoms with van der Waals surface area (Å²) in [7, 11) is 3.38. The number of aromatic amines is 1. The van der Waals surface area contributed by atoms with E-state index >= 15 is 0 Å². The van der Waals surface area contributed by atoms with E-state index in [1.807, 2.05) is 61.7 Å². The van der Waals surface area contributed by atoms with Crippen molar-refractivity contribution in [3.05, 3.63) is 89.7 Å². The van der Waals surface area contributed by atoms with Crippen LogP contribution in [0.1, 0.15) is 22.6 Å². The molecule has 36 heavy (non-hydrogen) atoms. The van der Waals surface area contributed by atoms with Gasteiger partial charge in [0.2, 0.25) is 11.8 Å². The molecule has 0 aliphatic rings. The number of rotatable bonds is 10. The summed E-state index contributed by atoms with van der Waals surface area (Å²) < 4.78 is 5.31. The van der Waals surface area contributed by atoms with Crippen molar-refractivity contribution in [2.24, 2.45) is 0 Å². The largest absolute Gasteiger partial charge is 0.497 e. The summed E-state index contributed by atoms with van der Waals surface area (Å²) in [6.45, 7) is 2.52. The monoisotopic (exact) mass is 485 g/mol. The number of pyridine rings is 1. The van der Waals surface area contributed by atoms with E-state index in [2.05, 4.69) is 26.7 Å². The number of methoxy groups -OCH3 is 1. The van der Waals surface area contributed by atoms with Gasteiger partial charge in [-0.15, -0.1) is 0 Å². The van der Waals surface area contributed by atoms with Crippen LogP contribution in [0.2, 0.25) is 0 Å². The molecule has 0 spiro atoms. The summed E-state index contributed by atoms with van der Waals surface area (Å²) in [5.74, 6) is 0.830. The second-order valence-corrected chi connectivity index (χ2v) is 8.86. The van der Waals surface area contributed by atoms with Crippen LogP contribution in [0.25, 0.3) is 10.9 Å². The summed E-state index contributed by atoms with van der Waals surface area (Å²) in [6, 6.07) is 19.6. The van der Waals surface area contributed by atoms with Crippen LogP contribution in [0.5, 0.6) is 5.75 Å². The third kappa shape index (κ3) is 6.28. The Morgan fingerprint density at radius 2 is 1.78 bits per heavy atom. The average molecular weight is 486 g/mol. The van der Waals surface area contributed by atoms with Gasteiger partial charge in [0.1, 0.15) is 11.6 Å². The normalized spacial score (nSPS) is 11.9. The number of H-pyrrole nitrogens is 1. The number of aryl methyl sites for hydroxylation is 1. The molecule has 2 aromatic heterocycles. The van der Waals surface area contributed by atoms with Gasteiger partial charge in [0.15, 0.2) is 0 Å². The molecule has 0 fully saturated rings. The van der Waals surface area contributed by atoms with Crippen molar-refractivity contribution in [3.63, 3.8) is 0 Å². The number of anilines is 1. The van der Waals surface area contributed by atoms with Gasteiger partial charge in [-0.3, -0.25) is 14.5 Å². The van der Waals surface area contributed by atoms with Gasteiger partial charge in [0.25, 0.3) is 0 Å². The summed E-state index contributed by atoms with van der Waals surface area (Å²) >= 11 is 0. The molecule has 8 nitrogen and oxygen atoms in total. The quantitative estimate of drug-likeness (QED) is 0.318. The van der Waals surface area contributed by atoms with Crippen molar-refractivity contribution < 1.29 is 14.3 Å². The molecule has 0 saturated carbocycles. The van der Waals surface area contributed by atoms with E-state index in [9.17, 15) is 9.59 Å².